The van der Waals surface area contributed by atoms with E-state index in [1.165, 1.54) is 17.2 Å². The monoisotopic (exact) mass is 414 g/mol. The lowest BCUT2D eigenvalue weighted by atomic mass is 10.0. The van der Waals surface area contributed by atoms with Crippen LogP contribution >= 0.6 is 11.6 Å². The fourth-order valence-corrected chi connectivity index (χ4v) is 4.20. The summed E-state index contributed by atoms with van der Waals surface area (Å²) in [7, 11) is 0. The topological polar surface area (TPSA) is 72.8 Å². The van der Waals surface area contributed by atoms with Crippen molar-refractivity contribution in [2.24, 2.45) is 0 Å². The number of hydroxylamine groups is 1. The van der Waals surface area contributed by atoms with Gasteiger partial charge in [-0.15, -0.1) is 0 Å². The maximum atomic E-state index is 11.2. The van der Waals surface area contributed by atoms with Crippen LogP contribution in [-0.2, 0) is 17.6 Å². The molecule has 3 rings (SSSR count). The van der Waals surface area contributed by atoms with E-state index >= 15 is 0 Å². The van der Waals surface area contributed by atoms with Crippen molar-refractivity contribution < 1.29 is 15.1 Å². The molecule has 0 saturated heterocycles. The minimum atomic E-state index is -0.543. The summed E-state index contributed by atoms with van der Waals surface area (Å²) in [5, 5.41) is 18.7. The number of carbonyl (C=O) groups excluding carboxylic acids is 1. The molecule has 2 aromatic carbocycles. The number of benzene rings is 2. The molecule has 1 aliphatic carbocycles. The number of carbonyl (C=O) groups is 1. The minimum Gasteiger partial charge on any atom is -0.396 e. The van der Waals surface area contributed by atoms with Crippen molar-refractivity contribution in [1.29, 1.82) is 0 Å². The normalized spacial score (nSPS) is 15.8. The van der Waals surface area contributed by atoms with E-state index in [-0.39, 0.29) is 6.61 Å². The maximum Gasteiger partial charge on any atom is 0.267 e. The summed E-state index contributed by atoms with van der Waals surface area (Å²) in [6.45, 7) is 1.90. The zero-order valence-corrected chi connectivity index (χ0v) is 17.1. The summed E-state index contributed by atoms with van der Waals surface area (Å²) >= 11 is 6.32. The number of aliphatic hydroxyl groups excluding tert-OH is 1. The summed E-state index contributed by atoms with van der Waals surface area (Å²) in [6, 6.07) is 14.5. The summed E-state index contributed by atoms with van der Waals surface area (Å²) in [6.07, 6.45) is 6.63. The van der Waals surface area contributed by atoms with E-state index in [9.17, 15) is 9.90 Å². The van der Waals surface area contributed by atoms with Gasteiger partial charge in [-0.3, -0.25) is 14.9 Å². The van der Waals surface area contributed by atoms with Gasteiger partial charge in [0.1, 0.15) is 0 Å². The molecule has 1 aliphatic rings. The average Bonchev–Trinajstić information content (AvgIpc) is 3.16. The molecule has 29 heavy (non-hydrogen) atoms. The zero-order chi connectivity index (χ0) is 20.6. The number of rotatable bonds is 9. The van der Waals surface area contributed by atoms with Crippen molar-refractivity contribution in [2.45, 2.75) is 31.7 Å². The van der Waals surface area contributed by atoms with Gasteiger partial charge in [0.05, 0.1) is 0 Å². The molecule has 1 atom stereocenters. The molecule has 0 bridgehead atoms. The van der Waals surface area contributed by atoms with Crippen molar-refractivity contribution in [3.63, 3.8) is 0 Å². The SMILES string of the molecule is O=C(/C=C/c1ccc2c(c1)CCC2N(CCCO)CCc1ccccc1Cl)NO. The third-order valence-electron chi connectivity index (χ3n) is 5.42. The van der Waals surface area contributed by atoms with E-state index in [0.717, 1.165) is 54.9 Å². The molecule has 0 aromatic heterocycles. The van der Waals surface area contributed by atoms with Crippen LogP contribution in [0.4, 0.5) is 0 Å². The van der Waals surface area contributed by atoms with Gasteiger partial charge in [-0.05, 0) is 60.1 Å². The van der Waals surface area contributed by atoms with Crippen molar-refractivity contribution in [3.8, 4) is 0 Å². The van der Waals surface area contributed by atoms with Gasteiger partial charge < -0.3 is 5.11 Å². The van der Waals surface area contributed by atoms with Crippen LogP contribution < -0.4 is 5.48 Å². The molecule has 0 heterocycles. The van der Waals surface area contributed by atoms with Crippen molar-refractivity contribution in [1.82, 2.24) is 10.4 Å². The Morgan fingerprint density at radius 2 is 2.07 bits per heavy atom. The Hall–Kier alpha value is -2.18. The molecule has 0 spiro atoms. The molecule has 1 unspecified atom stereocenters. The number of aryl methyl sites for hydroxylation is 1. The smallest absolute Gasteiger partial charge is 0.267 e. The first kappa shape index (κ1) is 21.5. The van der Waals surface area contributed by atoms with Crippen LogP contribution in [0.1, 0.15) is 41.1 Å². The number of hydrogen-bond acceptors (Lipinski definition) is 4. The van der Waals surface area contributed by atoms with Crippen LogP contribution in [0.25, 0.3) is 6.08 Å². The molecule has 0 fully saturated rings. The number of amides is 1. The number of nitrogens with zero attached hydrogens (tertiary/aromatic N) is 1. The molecular weight excluding hydrogens is 388 g/mol. The highest BCUT2D eigenvalue weighted by Gasteiger charge is 2.27. The van der Waals surface area contributed by atoms with Gasteiger partial charge in [-0.25, -0.2) is 5.48 Å². The summed E-state index contributed by atoms with van der Waals surface area (Å²) in [4.78, 5) is 13.6. The van der Waals surface area contributed by atoms with E-state index < -0.39 is 5.91 Å². The molecule has 0 aliphatic heterocycles. The molecule has 0 radical (unpaired) electrons. The second kappa shape index (κ2) is 10.6. The first-order valence-corrected chi connectivity index (χ1v) is 10.3. The minimum absolute atomic E-state index is 0.179. The third kappa shape index (κ3) is 5.67. The van der Waals surface area contributed by atoms with Gasteiger partial charge in [-0.1, -0.05) is 48.0 Å². The second-order valence-corrected chi connectivity index (χ2v) is 7.68. The molecule has 2 aromatic rings. The molecule has 3 N–H and O–H groups in total. The third-order valence-corrected chi connectivity index (χ3v) is 5.79. The van der Waals surface area contributed by atoms with Crippen molar-refractivity contribution in [3.05, 3.63) is 75.8 Å². The second-order valence-electron chi connectivity index (χ2n) is 7.28. The summed E-state index contributed by atoms with van der Waals surface area (Å²) in [5.74, 6) is -0.543. The lowest BCUT2D eigenvalue weighted by molar-refractivity contribution is -0.124. The Labute approximate surface area is 176 Å². The fourth-order valence-electron chi connectivity index (χ4n) is 3.97. The Morgan fingerprint density at radius 3 is 2.83 bits per heavy atom. The maximum absolute atomic E-state index is 11.2. The van der Waals surface area contributed by atoms with Gasteiger partial charge in [-0.2, -0.15) is 0 Å². The number of halogens is 1. The summed E-state index contributed by atoms with van der Waals surface area (Å²) in [5.41, 5.74) is 6.27. The standard InChI is InChI=1S/C23H27ClN2O3/c24-21-5-2-1-4-18(21)12-14-26(13-3-15-27)22-10-8-19-16-17(6-9-20(19)22)7-11-23(28)25-29/h1-2,4-7,9,11,16,22,27,29H,3,8,10,12-15H2,(H,25,28)/b11-7+. The number of hydrogen-bond donors (Lipinski definition) is 3. The molecule has 154 valence electrons. The first-order chi connectivity index (χ1) is 14.1. The molecule has 5 nitrogen and oxygen atoms in total. The predicted molar refractivity (Wildman–Crippen MR) is 115 cm³/mol. The van der Waals surface area contributed by atoms with Gasteiger partial charge in [0.25, 0.3) is 5.91 Å². The number of nitrogens with one attached hydrogen (secondary N) is 1. The van der Waals surface area contributed by atoms with E-state index in [2.05, 4.69) is 23.1 Å². The van der Waals surface area contributed by atoms with Crippen molar-refractivity contribution in [2.75, 3.05) is 19.7 Å². The lowest BCUT2D eigenvalue weighted by Crippen LogP contribution is -2.31. The molecular formula is C23H27ClN2O3. The Morgan fingerprint density at radius 1 is 1.24 bits per heavy atom. The predicted octanol–water partition coefficient (Wildman–Crippen LogP) is 3.77. The number of fused-ring (bicyclic) bond motifs is 1. The van der Waals surface area contributed by atoms with Gasteiger partial charge >= 0.3 is 0 Å². The average molecular weight is 415 g/mol. The van der Waals surface area contributed by atoms with Gasteiger partial charge in [0.15, 0.2) is 0 Å². The number of aliphatic hydroxyl groups is 1. The van der Waals surface area contributed by atoms with Crippen LogP contribution in [0.3, 0.4) is 0 Å². The zero-order valence-electron chi connectivity index (χ0n) is 16.4. The first-order valence-electron chi connectivity index (χ1n) is 9.95. The van der Waals surface area contributed by atoms with Gasteiger partial charge in [0.2, 0.25) is 0 Å². The fraction of sp³-hybridized carbons (Fsp3) is 0.348. The van der Waals surface area contributed by atoms with Crippen LogP contribution in [0.5, 0.6) is 0 Å². The Bertz CT molecular complexity index is 869. The van der Waals surface area contributed by atoms with Crippen LogP contribution in [0.2, 0.25) is 5.02 Å². The highest BCUT2D eigenvalue weighted by atomic mass is 35.5. The quantitative estimate of drug-likeness (QED) is 0.332. The van der Waals surface area contributed by atoms with Crippen molar-refractivity contribution >= 4 is 23.6 Å². The van der Waals surface area contributed by atoms with E-state index in [4.69, 9.17) is 16.8 Å². The Balaban J connectivity index is 1.74. The van der Waals surface area contributed by atoms with Crippen LogP contribution in [0, 0.1) is 0 Å². The molecule has 6 heteroatoms. The molecule has 1 amide bonds. The van der Waals surface area contributed by atoms with Crippen LogP contribution in [0.15, 0.2) is 48.5 Å². The highest BCUT2D eigenvalue weighted by Crippen LogP contribution is 2.36. The largest absolute Gasteiger partial charge is 0.396 e. The Kier molecular flexibility index (Phi) is 7.83. The highest BCUT2D eigenvalue weighted by molar-refractivity contribution is 6.31. The lowest BCUT2D eigenvalue weighted by Gasteiger charge is -2.30. The van der Waals surface area contributed by atoms with Crippen LogP contribution in [-0.4, -0.2) is 40.8 Å². The van der Waals surface area contributed by atoms with E-state index in [1.807, 2.05) is 24.3 Å². The summed E-state index contributed by atoms with van der Waals surface area (Å²) < 4.78 is 0. The van der Waals surface area contributed by atoms with E-state index in [0.29, 0.717) is 6.04 Å². The van der Waals surface area contributed by atoms with Gasteiger partial charge in [0, 0.05) is 36.8 Å². The van der Waals surface area contributed by atoms with E-state index in [1.54, 1.807) is 11.6 Å². The molecule has 0 saturated carbocycles.